The van der Waals surface area contributed by atoms with Crippen molar-refractivity contribution in [3.63, 3.8) is 0 Å². The smallest absolute Gasteiger partial charge is 0.270 e. The quantitative estimate of drug-likeness (QED) is 0.660. The number of nitrogens with zero attached hydrogens (tertiary/aromatic N) is 2. The van der Waals surface area contributed by atoms with Gasteiger partial charge in [-0.2, -0.15) is 5.26 Å². The van der Waals surface area contributed by atoms with Gasteiger partial charge in [0.2, 0.25) is 0 Å². The molecule has 0 aliphatic rings. The predicted molar refractivity (Wildman–Crippen MR) is 86.4 cm³/mol. The van der Waals surface area contributed by atoms with Gasteiger partial charge in [0.25, 0.3) is 5.56 Å². The molecule has 0 saturated carbocycles. The summed E-state index contributed by atoms with van der Waals surface area (Å²) in [6.45, 7) is 0. The van der Waals surface area contributed by atoms with Crippen molar-refractivity contribution >= 4 is 11.8 Å². The Morgan fingerprint density at radius 1 is 1.13 bits per heavy atom. The van der Waals surface area contributed by atoms with E-state index in [1.165, 1.54) is 33.1 Å². The van der Waals surface area contributed by atoms with Crippen molar-refractivity contribution in [2.75, 3.05) is 27.6 Å². The molecule has 0 fully saturated rings. The molecule has 7 nitrogen and oxygen atoms in total. The van der Waals surface area contributed by atoms with Crippen molar-refractivity contribution < 1.29 is 14.2 Å². The molecule has 1 aromatic heterocycles. The van der Waals surface area contributed by atoms with Gasteiger partial charge in [0, 0.05) is 11.6 Å². The number of nitrogens with one attached hydrogen (secondary N) is 1. The van der Waals surface area contributed by atoms with E-state index in [9.17, 15) is 10.1 Å². The summed E-state index contributed by atoms with van der Waals surface area (Å²) in [6, 6.07) is 5.14. The van der Waals surface area contributed by atoms with Crippen LogP contribution >= 0.6 is 11.8 Å². The Morgan fingerprint density at radius 3 is 2.26 bits per heavy atom. The monoisotopic (exact) mass is 333 g/mol. The standard InChI is InChI=1S/C15H15N3O4S/c1-20-10-6-12(22-3)11(21-2)5-8(10)13-9(7-16)14(19)18-15(17-13)23-4/h5-6H,1-4H3,(H,17,18,19). The van der Waals surface area contributed by atoms with Gasteiger partial charge in [-0.15, -0.1) is 0 Å². The van der Waals surface area contributed by atoms with E-state index in [1.807, 2.05) is 6.07 Å². The van der Waals surface area contributed by atoms with E-state index in [0.717, 1.165) is 0 Å². The second kappa shape index (κ2) is 7.07. The van der Waals surface area contributed by atoms with Gasteiger partial charge in [-0.1, -0.05) is 11.8 Å². The Bertz CT molecular complexity index is 827. The molecule has 0 bridgehead atoms. The van der Waals surface area contributed by atoms with Gasteiger partial charge in [-0.25, -0.2) is 4.98 Å². The zero-order chi connectivity index (χ0) is 17.0. The van der Waals surface area contributed by atoms with Crippen LogP contribution in [0.5, 0.6) is 17.2 Å². The third kappa shape index (κ3) is 3.10. The molecular formula is C15H15N3O4S. The van der Waals surface area contributed by atoms with E-state index in [1.54, 1.807) is 18.4 Å². The Kier molecular flexibility index (Phi) is 5.13. The minimum absolute atomic E-state index is 0.0895. The van der Waals surface area contributed by atoms with Crippen molar-refractivity contribution in [3.8, 4) is 34.6 Å². The molecule has 0 spiro atoms. The molecule has 0 atom stereocenters. The lowest BCUT2D eigenvalue weighted by Gasteiger charge is -2.14. The topological polar surface area (TPSA) is 97.2 Å². The van der Waals surface area contributed by atoms with Crippen molar-refractivity contribution in [3.05, 3.63) is 28.0 Å². The number of benzene rings is 1. The lowest BCUT2D eigenvalue weighted by Crippen LogP contribution is -2.15. The summed E-state index contributed by atoms with van der Waals surface area (Å²) in [5.74, 6) is 1.34. The van der Waals surface area contributed by atoms with Gasteiger partial charge in [-0.05, 0) is 12.3 Å². The third-order valence-corrected chi connectivity index (χ3v) is 3.74. The van der Waals surface area contributed by atoms with Gasteiger partial charge in [-0.3, -0.25) is 4.79 Å². The SMILES string of the molecule is COc1cc(OC)c(-c2nc(SC)[nH]c(=O)c2C#N)cc1OC. The normalized spacial score (nSPS) is 10.0. The van der Waals surface area contributed by atoms with Gasteiger partial charge in [0.05, 0.1) is 21.3 Å². The second-order valence-corrected chi connectivity index (χ2v) is 5.11. The van der Waals surface area contributed by atoms with E-state index in [2.05, 4.69) is 9.97 Å². The van der Waals surface area contributed by atoms with Crippen LogP contribution in [0.15, 0.2) is 22.1 Å². The number of H-pyrrole nitrogens is 1. The van der Waals surface area contributed by atoms with Crippen molar-refractivity contribution in [1.29, 1.82) is 5.26 Å². The van der Waals surface area contributed by atoms with E-state index in [4.69, 9.17) is 14.2 Å². The van der Waals surface area contributed by atoms with Gasteiger partial charge in [0.1, 0.15) is 23.1 Å². The lowest BCUT2D eigenvalue weighted by molar-refractivity contribution is 0.349. The van der Waals surface area contributed by atoms with E-state index < -0.39 is 5.56 Å². The van der Waals surface area contributed by atoms with E-state index in [-0.39, 0.29) is 11.3 Å². The van der Waals surface area contributed by atoms with Crippen LogP contribution in [0.2, 0.25) is 0 Å². The average Bonchev–Trinajstić information content (AvgIpc) is 2.59. The van der Waals surface area contributed by atoms with Gasteiger partial charge in [0.15, 0.2) is 16.7 Å². The minimum Gasteiger partial charge on any atom is -0.496 e. The first-order chi connectivity index (χ1) is 11.1. The minimum atomic E-state index is -0.501. The second-order valence-electron chi connectivity index (χ2n) is 4.32. The van der Waals surface area contributed by atoms with Crippen molar-refractivity contribution in [2.45, 2.75) is 5.16 Å². The number of rotatable bonds is 5. The number of methoxy groups -OCH3 is 3. The fourth-order valence-electron chi connectivity index (χ4n) is 2.06. The van der Waals surface area contributed by atoms with Crippen LogP contribution in [0, 0.1) is 11.3 Å². The van der Waals surface area contributed by atoms with Crippen LogP contribution in [0.3, 0.4) is 0 Å². The number of aromatic nitrogens is 2. The van der Waals surface area contributed by atoms with E-state index >= 15 is 0 Å². The molecule has 8 heteroatoms. The van der Waals surface area contributed by atoms with Gasteiger partial charge >= 0.3 is 0 Å². The van der Waals surface area contributed by atoms with Crippen LogP contribution in [0.1, 0.15) is 5.56 Å². The van der Waals surface area contributed by atoms with Crippen LogP contribution in [0.4, 0.5) is 0 Å². The Balaban J connectivity index is 2.83. The maximum atomic E-state index is 12.1. The molecule has 0 unspecified atom stereocenters. The molecule has 1 aromatic carbocycles. The number of aromatic amines is 1. The highest BCUT2D eigenvalue weighted by molar-refractivity contribution is 7.98. The zero-order valence-electron chi connectivity index (χ0n) is 13.1. The number of thioether (sulfide) groups is 1. The first-order valence-electron chi connectivity index (χ1n) is 6.48. The highest BCUT2D eigenvalue weighted by atomic mass is 32.2. The van der Waals surface area contributed by atoms with Crippen LogP contribution in [-0.4, -0.2) is 37.6 Å². The first kappa shape index (κ1) is 16.7. The number of hydrogen-bond donors (Lipinski definition) is 1. The molecule has 23 heavy (non-hydrogen) atoms. The van der Waals surface area contributed by atoms with Crippen LogP contribution in [0.25, 0.3) is 11.3 Å². The summed E-state index contributed by atoms with van der Waals surface area (Å²) in [5.41, 5.74) is 0.119. The maximum Gasteiger partial charge on any atom is 0.270 e. The number of ether oxygens (including phenoxy) is 3. The Hall–Kier alpha value is -2.66. The number of nitriles is 1. The van der Waals surface area contributed by atoms with E-state index in [0.29, 0.717) is 28.0 Å². The molecule has 1 N–H and O–H groups in total. The summed E-state index contributed by atoms with van der Waals surface area (Å²) in [6.07, 6.45) is 1.78. The molecule has 0 saturated heterocycles. The van der Waals surface area contributed by atoms with Gasteiger partial charge < -0.3 is 19.2 Å². The molecule has 0 aliphatic carbocycles. The molecule has 2 rings (SSSR count). The fourth-order valence-corrected chi connectivity index (χ4v) is 2.44. The molecule has 120 valence electrons. The molecular weight excluding hydrogens is 318 g/mol. The average molecular weight is 333 g/mol. The highest BCUT2D eigenvalue weighted by Gasteiger charge is 2.20. The molecule has 2 aromatic rings. The molecule has 0 radical (unpaired) electrons. The van der Waals surface area contributed by atoms with Crippen LogP contribution < -0.4 is 19.8 Å². The molecule has 0 amide bonds. The third-order valence-electron chi connectivity index (χ3n) is 3.16. The summed E-state index contributed by atoms with van der Waals surface area (Å²) < 4.78 is 15.9. The summed E-state index contributed by atoms with van der Waals surface area (Å²) >= 11 is 1.27. The number of hydrogen-bond acceptors (Lipinski definition) is 7. The Labute approximate surface area is 137 Å². The Morgan fingerprint density at radius 2 is 1.74 bits per heavy atom. The highest BCUT2D eigenvalue weighted by Crippen LogP contribution is 2.40. The first-order valence-corrected chi connectivity index (χ1v) is 7.70. The summed E-state index contributed by atoms with van der Waals surface area (Å²) in [7, 11) is 4.49. The van der Waals surface area contributed by atoms with Crippen molar-refractivity contribution in [1.82, 2.24) is 9.97 Å². The van der Waals surface area contributed by atoms with Crippen LogP contribution in [-0.2, 0) is 0 Å². The zero-order valence-corrected chi connectivity index (χ0v) is 13.9. The summed E-state index contributed by atoms with van der Waals surface area (Å²) in [5, 5.41) is 9.71. The maximum absolute atomic E-state index is 12.1. The predicted octanol–water partition coefficient (Wildman–Crippen LogP) is 2.06. The lowest BCUT2D eigenvalue weighted by atomic mass is 10.1. The fraction of sp³-hybridized carbons (Fsp3) is 0.267. The largest absolute Gasteiger partial charge is 0.496 e. The summed E-state index contributed by atoms with van der Waals surface area (Å²) in [4.78, 5) is 19.0. The van der Waals surface area contributed by atoms with Crippen molar-refractivity contribution in [2.24, 2.45) is 0 Å². The molecule has 0 aliphatic heterocycles. The molecule has 1 heterocycles.